The fourth-order valence-corrected chi connectivity index (χ4v) is 5.70. The summed E-state index contributed by atoms with van der Waals surface area (Å²) in [5.41, 5.74) is 4.04. The molecule has 0 bridgehead atoms. The first-order valence-electron chi connectivity index (χ1n) is 11.7. The summed E-state index contributed by atoms with van der Waals surface area (Å²) >= 11 is 1.50. The zero-order valence-corrected chi connectivity index (χ0v) is 20.0. The molecule has 1 fully saturated rings. The van der Waals surface area contributed by atoms with E-state index in [4.69, 9.17) is 9.72 Å². The number of pyridine rings is 1. The zero-order valence-electron chi connectivity index (χ0n) is 19.2. The lowest BCUT2D eigenvalue weighted by molar-refractivity contribution is 0.0696. The monoisotopic (exact) mass is 499 g/mol. The lowest BCUT2D eigenvalue weighted by Gasteiger charge is -2.26. The molecule has 180 valence electrons. The van der Waals surface area contributed by atoms with Gasteiger partial charge in [0, 0.05) is 40.4 Å². The summed E-state index contributed by atoms with van der Waals surface area (Å²) in [5, 5.41) is 20.3. The number of aromatic nitrogens is 3. The Hall–Kier alpha value is -3.75. The maximum atomic E-state index is 13.8. The van der Waals surface area contributed by atoms with Crippen LogP contribution in [0.2, 0.25) is 0 Å². The van der Waals surface area contributed by atoms with Gasteiger partial charge >= 0.3 is 5.97 Å². The first-order valence-corrected chi connectivity index (χ1v) is 12.5. The molecule has 1 saturated heterocycles. The summed E-state index contributed by atoms with van der Waals surface area (Å²) in [6.45, 7) is 1.35. The van der Waals surface area contributed by atoms with E-state index >= 15 is 0 Å². The Kier molecular flexibility index (Phi) is 5.91. The Morgan fingerprint density at radius 2 is 1.78 bits per heavy atom. The molecule has 0 radical (unpaired) electrons. The van der Waals surface area contributed by atoms with Crippen LogP contribution >= 0.6 is 11.8 Å². The number of nitrogens with one attached hydrogen (secondary N) is 1. The lowest BCUT2D eigenvalue weighted by Crippen LogP contribution is -2.16. The van der Waals surface area contributed by atoms with Crippen LogP contribution in [0.1, 0.15) is 34.8 Å². The fraction of sp³-hybridized carbons (Fsp3) is 0.179. The van der Waals surface area contributed by atoms with Crippen molar-refractivity contribution in [1.82, 2.24) is 15.2 Å². The molecule has 2 N–H and O–H groups in total. The fourth-order valence-electron chi connectivity index (χ4n) is 4.78. The Balaban J connectivity index is 1.60. The number of carbonyl (C=O) groups is 1. The van der Waals surface area contributed by atoms with Gasteiger partial charge < -0.3 is 9.84 Å². The van der Waals surface area contributed by atoms with E-state index in [9.17, 15) is 14.3 Å². The van der Waals surface area contributed by atoms with Gasteiger partial charge in [-0.15, -0.1) is 0 Å². The van der Waals surface area contributed by atoms with Gasteiger partial charge in [-0.05, 0) is 72.3 Å². The molecule has 0 spiro atoms. The molecule has 6 nitrogen and oxygen atoms in total. The van der Waals surface area contributed by atoms with Crippen LogP contribution in [0.5, 0.6) is 0 Å². The van der Waals surface area contributed by atoms with Crippen molar-refractivity contribution < 1.29 is 19.0 Å². The van der Waals surface area contributed by atoms with E-state index in [0.717, 1.165) is 61.3 Å². The molecule has 5 aromatic rings. The van der Waals surface area contributed by atoms with E-state index in [1.807, 2.05) is 12.1 Å². The van der Waals surface area contributed by atoms with Crippen molar-refractivity contribution in [3.63, 3.8) is 0 Å². The second-order valence-corrected chi connectivity index (χ2v) is 9.92. The molecule has 0 aliphatic carbocycles. The highest BCUT2D eigenvalue weighted by Crippen LogP contribution is 2.43. The molecule has 36 heavy (non-hydrogen) atoms. The van der Waals surface area contributed by atoms with E-state index in [1.165, 1.54) is 23.9 Å². The molecule has 2 aromatic heterocycles. The predicted octanol–water partition coefficient (Wildman–Crippen LogP) is 6.66. The normalized spacial score (nSPS) is 14.5. The number of hydrogen-bond acceptors (Lipinski definition) is 5. The number of nitrogens with zero attached hydrogens (tertiary/aromatic N) is 2. The van der Waals surface area contributed by atoms with Crippen LogP contribution in [0.3, 0.4) is 0 Å². The van der Waals surface area contributed by atoms with Crippen LogP contribution in [-0.4, -0.2) is 39.5 Å². The molecular weight excluding hydrogens is 477 g/mol. The number of fused-ring (bicyclic) bond motifs is 2. The molecule has 3 heterocycles. The molecule has 0 unspecified atom stereocenters. The van der Waals surface area contributed by atoms with Crippen molar-refractivity contribution in [2.24, 2.45) is 0 Å². The average molecular weight is 500 g/mol. The number of aromatic carboxylic acids is 1. The van der Waals surface area contributed by atoms with Crippen molar-refractivity contribution >= 4 is 39.4 Å². The van der Waals surface area contributed by atoms with Crippen LogP contribution in [0.25, 0.3) is 32.8 Å². The lowest BCUT2D eigenvalue weighted by atomic mass is 9.87. The van der Waals surface area contributed by atoms with Gasteiger partial charge in [-0.25, -0.2) is 14.2 Å². The Morgan fingerprint density at radius 1 is 1.03 bits per heavy atom. The predicted molar refractivity (Wildman–Crippen MR) is 137 cm³/mol. The summed E-state index contributed by atoms with van der Waals surface area (Å²) in [7, 11) is 0. The molecule has 0 atom stereocenters. The van der Waals surface area contributed by atoms with Crippen molar-refractivity contribution in [3.8, 4) is 11.1 Å². The number of carboxylic acid groups (broad SMARTS) is 1. The third-order valence-electron chi connectivity index (χ3n) is 6.61. The van der Waals surface area contributed by atoms with E-state index in [1.54, 1.807) is 30.5 Å². The van der Waals surface area contributed by atoms with Gasteiger partial charge in [0.25, 0.3) is 0 Å². The largest absolute Gasteiger partial charge is 0.478 e. The molecule has 6 rings (SSSR count). The van der Waals surface area contributed by atoms with Gasteiger partial charge in [-0.2, -0.15) is 5.10 Å². The summed E-state index contributed by atoms with van der Waals surface area (Å²) in [5.74, 6) is -1.03. The van der Waals surface area contributed by atoms with E-state index in [2.05, 4.69) is 22.3 Å². The van der Waals surface area contributed by atoms with Gasteiger partial charge in [0.2, 0.25) is 0 Å². The molecular formula is C28H22FN3O3S. The molecule has 1 aliphatic heterocycles. The van der Waals surface area contributed by atoms with Gasteiger partial charge in [0.15, 0.2) is 0 Å². The van der Waals surface area contributed by atoms with Crippen LogP contribution in [0.4, 0.5) is 4.39 Å². The van der Waals surface area contributed by atoms with Gasteiger partial charge in [-0.1, -0.05) is 23.9 Å². The van der Waals surface area contributed by atoms with Crippen LogP contribution in [0.15, 0.2) is 76.8 Å². The topological polar surface area (TPSA) is 88.1 Å². The quantitative estimate of drug-likeness (QED) is 0.281. The number of H-pyrrole nitrogens is 1. The molecule has 3 aromatic carbocycles. The summed E-state index contributed by atoms with van der Waals surface area (Å²) in [6, 6.07) is 17.6. The van der Waals surface area contributed by atoms with Crippen LogP contribution in [0, 0.1) is 5.82 Å². The Bertz CT molecular complexity index is 1580. The maximum Gasteiger partial charge on any atom is 0.335 e. The van der Waals surface area contributed by atoms with Crippen molar-refractivity contribution in [3.05, 3.63) is 83.9 Å². The number of rotatable bonds is 5. The van der Waals surface area contributed by atoms with Crippen molar-refractivity contribution in [1.29, 1.82) is 0 Å². The second-order valence-electron chi connectivity index (χ2n) is 8.86. The highest BCUT2D eigenvalue weighted by Gasteiger charge is 2.25. The summed E-state index contributed by atoms with van der Waals surface area (Å²) < 4.78 is 19.5. The van der Waals surface area contributed by atoms with Gasteiger partial charge in [0.05, 0.1) is 23.0 Å². The van der Waals surface area contributed by atoms with Crippen LogP contribution in [-0.2, 0) is 4.74 Å². The third kappa shape index (κ3) is 4.23. The smallest absolute Gasteiger partial charge is 0.335 e. The first-order chi connectivity index (χ1) is 17.6. The third-order valence-corrected chi connectivity index (χ3v) is 7.63. The van der Waals surface area contributed by atoms with Crippen LogP contribution < -0.4 is 0 Å². The number of carboxylic acids is 1. The number of aromatic amines is 1. The molecule has 0 amide bonds. The molecule has 8 heteroatoms. The second kappa shape index (κ2) is 9.37. The number of benzene rings is 3. The minimum absolute atomic E-state index is 0.206. The zero-order chi connectivity index (χ0) is 24.6. The van der Waals surface area contributed by atoms with Crippen molar-refractivity contribution in [2.45, 2.75) is 28.7 Å². The number of halogens is 1. The SMILES string of the molecule is O=C(O)c1ccc(Sc2nc(C3CCOCC3)c(-c3ccc(F)cc3)c3cc4cn[nH]c4cc23)cc1. The van der Waals surface area contributed by atoms with E-state index in [0.29, 0.717) is 13.2 Å². The van der Waals surface area contributed by atoms with E-state index < -0.39 is 5.97 Å². The average Bonchev–Trinajstić information content (AvgIpc) is 3.36. The summed E-state index contributed by atoms with van der Waals surface area (Å²) in [6.07, 6.45) is 3.52. The van der Waals surface area contributed by atoms with Gasteiger partial charge in [0.1, 0.15) is 10.8 Å². The Labute approximate surface area is 210 Å². The number of ether oxygens (including phenoxy) is 1. The standard InChI is InChI=1S/C28H22FN3O3S/c29-20-5-1-16(2-6-20)25-22-13-19-15-30-32-24(19)14-23(22)27(31-26(25)17-9-11-35-12-10-17)36-21-7-3-18(4-8-21)28(33)34/h1-8,13-15,17H,9-12H2,(H,30,32)(H,33,34). The highest BCUT2D eigenvalue weighted by molar-refractivity contribution is 7.99. The summed E-state index contributed by atoms with van der Waals surface area (Å²) in [4.78, 5) is 17.4. The minimum atomic E-state index is -0.956. The number of hydrogen-bond donors (Lipinski definition) is 2. The minimum Gasteiger partial charge on any atom is -0.478 e. The molecule has 1 aliphatic rings. The highest BCUT2D eigenvalue weighted by atomic mass is 32.2. The van der Waals surface area contributed by atoms with Crippen molar-refractivity contribution in [2.75, 3.05) is 13.2 Å². The Morgan fingerprint density at radius 3 is 2.50 bits per heavy atom. The first kappa shape index (κ1) is 22.7. The maximum absolute atomic E-state index is 13.8. The van der Waals surface area contributed by atoms with E-state index in [-0.39, 0.29) is 17.3 Å². The molecule has 0 saturated carbocycles. The van der Waals surface area contributed by atoms with Gasteiger partial charge in [-0.3, -0.25) is 5.10 Å².